The van der Waals surface area contributed by atoms with E-state index >= 15 is 0 Å². The molecule has 74 valence electrons. The molecule has 0 spiro atoms. The highest BCUT2D eigenvalue weighted by molar-refractivity contribution is 8.16. The third-order valence-electron chi connectivity index (χ3n) is 2.17. The molecule has 0 bridgehead atoms. The van der Waals surface area contributed by atoms with Crippen molar-refractivity contribution in [1.82, 2.24) is 0 Å². The summed E-state index contributed by atoms with van der Waals surface area (Å²) in [6.45, 7) is 7.04. The van der Waals surface area contributed by atoms with Crippen molar-refractivity contribution in [2.24, 2.45) is 5.41 Å². The van der Waals surface area contributed by atoms with E-state index in [1.807, 2.05) is 23.5 Å². The van der Waals surface area contributed by atoms with E-state index in [0.29, 0.717) is 5.41 Å². The average Bonchev–Trinajstić information content (AvgIpc) is 2.00. The molecule has 0 atom stereocenters. The average molecular weight is 206 g/mol. The summed E-state index contributed by atoms with van der Waals surface area (Å²) in [5, 5.41) is 0. The highest BCUT2D eigenvalue weighted by Crippen LogP contribution is 2.35. The van der Waals surface area contributed by atoms with Crippen LogP contribution in [0.1, 0.15) is 40.0 Å². The van der Waals surface area contributed by atoms with Crippen LogP contribution in [0.4, 0.5) is 0 Å². The van der Waals surface area contributed by atoms with Gasteiger partial charge in [-0.2, -0.15) is 23.5 Å². The lowest BCUT2D eigenvalue weighted by Crippen LogP contribution is -2.16. The summed E-state index contributed by atoms with van der Waals surface area (Å²) in [4.78, 5) is 0. The number of rotatable bonds is 6. The molecule has 0 radical (unpaired) electrons. The zero-order chi connectivity index (χ0) is 9.61. The first-order valence-corrected chi connectivity index (χ1v) is 7.19. The fraction of sp³-hybridized carbons (Fsp3) is 1.00. The van der Waals surface area contributed by atoms with Crippen molar-refractivity contribution in [3.8, 4) is 0 Å². The first-order chi connectivity index (χ1) is 5.55. The van der Waals surface area contributed by atoms with Crippen molar-refractivity contribution >= 4 is 23.5 Å². The van der Waals surface area contributed by atoms with Crippen LogP contribution >= 0.6 is 23.5 Å². The van der Waals surface area contributed by atoms with E-state index in [1.165, 1.54) is 19.3 Å². The Morgan fingerprint density at radius 1 is 1.17 bits per heavy atom. The summed E-state index contributed by atoms with van der Waals surface area (Å²) >= 11 is 3.97. The predicted octanol–water partition coefficient (Wildman–Crippen LogP) is 4.25. The molecule has 0 rings (SSSR count). The Morgan fingerprint density at radius 3 is 2.00 bits per heavy atom. The quantitative estimate of drug-likeness (QED) is 0.596. The third-order valence-corrected chi connectivity index (χ3v) is 4.71. The van der Waals surface area contributed by atoms with Crippen molar-refractivity contribution in [2.75, 3.05) is 12.5 Å². The van der Waals surface area contributed by atoms with Gasteiger partial charge in [-0.25, -0.2) is 0 Å². The van der Waals surface area contributed by atoms with Gasteiger partial charge in [-0.15, -0.1) is 0 Å². The first kappa shape index (κ1) is 12.7. The minimum atomic E-state index is 0.533. The summed E-state index contributed by atoms with van der Waals surface area (Å²) in [7, 11) is 0. The minimum Gasteiger partial charge on any atom is -0.151 e. The van der Waals surface area contributed by atoms with Crippen LogP contribution in [0.5, 0.6) is 0 Å². The largest absolute Gasteiger partial charge is 0.151 e. The maximum Gasteiger partial charge on any atom is 0.0502 e. The second-order valence-corrected chi connectivity index (χ2v) is 6.40. The molecule has 0 fully saturated rings. The smallest absolute Gasteiger partial charge is 0.0502 e. The molecule has 12 heavy (non-hydrogen) atoms. The first-order valence-electron chi connectivity index (χ1n) is 4.61. The van der Waals surface area contributed by atoms with Crippen LogP contribution in [0.15, 0.2) is 0 Å². The molecule has 0 aliphatic heterocycles. The predicted molar refractivity (Wildman–Crippen MR) is 64.1 cm³/mol. The molecule has 0 saturated carbocycles. The monoisotopic (exact) mass is 206 g/mol. The summed E-state index contributed by atoms with van der Waals surface area (Å²) < 4.78 is 0.784. The standard InChI is InChI=1S/C10H22S2/c1-6-7-10(2,3)8-9(11-4)12-5/h9H,6-8H2,1-5H3. The van der Waals surface area contributed by atoms with Crippen molar-refractivity contribution in [3.05, 3.63) is 0 Å². The lowest BCUT2D eigenvalue weighted by molar-refractivity contribution is 0.317. The summed E-state index contributed by atoms with van der Waals surface area (Å²) in [5.41, 5.74) is 0.533. The molecule has 0 aromatic heterocycles. The van der Waals surface area contributed by atoms with Gasteiger partial charge >= 0.3 is 0 Å². The zero-order valence-electron chi connectivity index (χ0n) is 9.02. The molecule has 0 nitrogen and oxygen atoms in total. The fourth-order valence-electron chi connectivity index (χ4n) is 1.49. The van der Waals surface area contributed by atoms with Crippen molar-refractivity contribution in [2.45, 2.75) is 44.6 Å². The SMILES string of the molecule is CCCC(C)(C)CC(SC)SC. The van der Waals surface area contributed by atoms with Crippen molar-refractivity contribution in [1.29, 1.82) is 0 Å². The van der Waals surface area contributed by atoms with Crippen LogP contribution in [-0.4, -0.2) is 17.1 Å². The van der Waals surface area contributed by atoms with Crippen LogP contribution < -0.4 is 0 Å². The van der Waals surface area contributed by atoms with E-state index in [4.69, 9.17) is 0 Å². The minimum absolute atomic E-state index is 0.533. The molecule has 0 heterocycles. The second-order valence-electron chi connectivity index (χ2n) is 4.02. The van der Waals surface area contributed by atoms with Gasteiger partial charge in [0.1, 0.15) is 0 Å². The molecule has 0 unspecified atom stereocenters. The van der Waals surface area contributed by atoms with E-state index in [-0.39, 0.29) is 0 Å². The van der Waals surface area contributed by atoms with E-state index in [0.717, 1.165) is 4.58 Å². The second kappa shape index (κ2) is 6.20. The molecule has 0 aliphatic carbocycles. The van der Waals surface area contributed by atoms with Gasteiger partial charge in [-0.3, -0.25) is 0 Å². The molecule has 2 heteroatoms. The Bertz CT molecular complexity index is 106. The van der Waals surface area contributed by atoms with Crippen LogP contribution in [0.2, 0.25) is 0 Å². The Balaban J connectivity index is 3.84. The van der Waals surface area contributed by atoms with Gasteiger partial charge in [0.2, 0.25) is 0 Å². The van der Waals surface area contributed by atoms with Gasteiger partial charge in [-0.05, 0) is 30.8 Å². The van der Waals surface area contributed by atoms with E-state index in [2.05, 4.69) is 33.3 Å². The molecular formula is C10H22S2. The Labute approximate surface area is 86.3 Å². The highest BCUT2D eigenvalue weighted by atomic mass is 32.2. The normalized spacial score (nSPS) is 12.5. The van der Waals surface area contributed by atoms with Gasteiger partial charge in [0.05, 0.1) is 4.58 Å². The van der Waals surface area contributed by atoms with Crippen molar-refractivity contribution in [3.63, 3.8) is 0 Å². The topological polar surface area (TPSA) is 0 Å². The molecule has 0 aromatic rings. The maximum atomic E-state index is 2.38. The number of hydrogen-bond acceptors (Lipinski definition) is 2. The number of hydrogen-bond donors (Lipinski definition) is 0. The molecule has 0 N–H and O–H groups in total. The van der Waals surface area contributed by atoms with Crippen LogP contribution in [0.3, 0.4) is 0 Å². The Hall–Kier alpha value is 0.700. The van der Waals surface area contributed by atoms with Gasteiger partial charge in [0.15, 0.2) is 0 Å². The summed E-state index contributed by atoms with van der Waals surface area (Å²) in [6.07, 6.45) is 8.42. The summed E-state index contributed by atoms with van der Waals surface area (Å²) in [6, 6.07) is 0. The van der Waals surface area contributed by atoms with Crippen LogP contribution in [0, 0.1) is 5.41 Å². The Kier molecular flexibility index (Phi) is 6.56. The van der Waals surface area contributed by atoms with E-state index in [1.54, 1.807) is 0 Å². The lowest BCUT2D eigenvalue weighted by Gasteiger charge is -2.27. The lowest BCUT2D eigenvalue weighted by atomic mass is 9.85. The fourth-order valence-corrected chi connectivity index (χ4v) is 3.50. The molecule has 0 saturated heterocycles. The molecule has 0 aromatic carbocycles. The Morgan fingerprint density at radius 2 is 1.67 bits per heavy atom. The van der Waals surface area contributed by atoms with Crippen LogP contribution in [-0.2, 0) is 0 Å². The molecule has 0 aliphatic rings. The molecular weight excluding hydrogens is 184 g/mol. The van der Waals surface area contributed by atoms with Gasteiger partial charge < -0.3 is 0 Å². The van der Waals surface area contributed by atoms with E-state index < -0.39 is 0 Å². The summed E-state index contributed by atoms with van der Waals surface area (Å²) in [5.74, 6) is 0. The number of thioether (sulfide) groups is 2. The van der Waals surface area contributed by atoms with E-state index in [9.17, 15) is 0 Å². The van der Waals surface area contributed by atoms with Gasteiger partial charge in [0, 0.05) is 0 Å². The maximum absolute atomic E-state index is 2.38. The van der Waals surface area contributed by atoms with Crippen LogP contribution in [0.25, 0.3) is 0 Å². The highest BCUT2D eigenvalue weighted by Gasteiger charge is 2.21. The third kappa shape index (κ3) is 5.36. The van der Waals surface area contributed by atoms with Gasteiger partial charge in [0.25, 0.3) is 0 Å². The van der Waals surface area contributed by atoms with Gasteiger partial charge in [-0.1, -0.05) is 27.2 Å². The zero-order valence-corrected chi connectivity index (χ0v) is 10.6. The van der Waals surface area contributed by atoms with Crippen molar-refractivity contribution < 1.29 is 0 Å². The molecule has 0 amide bonds.